The number of carboxylic acids is 1. The molecular formula is C12H14INO3. The van der Waals surface area contributed by atoms with Crippen LogP contribution in [0.4, 0.5) is 0 Å². The van der Waals surface area contributed by atoms with Crippen molar-refractivity contribution in [3.05, 3.63) is 33.4 Å². The SMILES string of the molecule is CCN(CCC(=O)O)C(=O)c1ccccc1I. The maximum Gasteiger partial charge on any atom is 0.305 e. The van der Waals surface area contributed by atoms with Gasteiger partial charge in [0.05, 0.1) is 12.0 Å². The van der Waals surface area contributed by atoms with Crippen LogP contribution in [0.5, 0.6) is 0 Å². The predicted molar refractivity (Wildman–Crippen MR) is 73.0 cm³/mol. The maximum absolute atomic E-state index is 12.1. The smallest absolute Gasteiger partial charge is 0.305 e. The number of hydrogen-bond acceptors (Lipinski definition) is 2. The fourth-order valence-electron chi connectivity index (χ4n) is 1.44. The molecule has 0 aromatic heterocycles. The van der Waals surface area contributed by atoms with Gasteiger partial charge in [0.25, 0.3) is 5.91 Å². The lowest BCUT2D eigenvalue weighted by atomic mass is 10.2. The summed E-state index contributed by atoms with van der Waals surface area (Å²) in [6.07, 6.45) is -0.0248. The number of nitrogens with zero attached hydrogens (tertiary/aromatic N) is 1. The Morgan fingerprint density at radius 3 is 2.53 bits per heavy atom. The highest BCUT2D eigenvalue weighted by molar-refractivity contribution is 14.1. The van der Waals surface area contributed by atoms with Crippen LogP contribution in [0.3, 0.4) is 0 Å². The lowest BCUT2D eigenvalue weighted by molar-refractivity contribution is -0.137. The van der Waals surface area contributed by atoms with Gasteiger partial charge in [0.1, 0.15) is 0 Å². The second-order valence-corrected chi connectivity index (χ2v) is 4.67. The summed E-state index contributed by atoms with van der Waals surface area (Å²) in [6.45, 7) is 2.60. The fourth-order valence-corrected chi connectivity index (χ4v) is 2.06. The van der Waals surface area contributed by atoms with Crippen molar-refractivity contribution >= 4 is 34.5 Å². The zero-order chi connectivity index (χ0) is 12.8. The number of carbonyl (C=O) groups excluding carboxylic acids is 1. The number of carboxylic acid groups (broad SMARTS) is 1. The summed E-state index contributed by atoms with van der Waals surface area (Å²) in [5.74, 6) is -1.00. The second-order valence-electron chi connectivity index (χ2n) is 3.51. The molecule has 17 heavy (non-hydrogen) atoms. The highest BCUT2D eigenvalue weighted by Crippen LogP contribution is 2.14. The van der Waals surface area contributed by atoms with E-state index in [-0.39, 0.29) is 18.9 Å². The van der Waals surface area contributed by atoms with Gasteiger partial charge in [0, 0.05) is 16.7 Å². The summed E-state index contributed by atoms with van der Waals surface area (Å²) in [5.41, 5.74) is 0.625. The molecule has 0 unspecified atom stereocenters. The van der Waals surface area contributed by atoms with E-state index in [0.717, 1.165) is 3.57 Å². The normalized spacial score (nSPS) is 10.0. The van der Waals surface area contributed by atoms with Crippen LogP contribution in [0.15, 0.2) is 24.3 Å². The molecule has 92 valence electrons. The maximum atomic E-state index is 12.1. The van der Waals surface area contributed by atoms with Crippen LogP contribution < -0.4 is 0 Å². The fraction of sp³-hybridized carbons (Fsp3) is 0.333. The topological polar surface area (TPSA) is 57.6 Å². The van der Waals surface area contributed by atoms with E-state index in [0.29, 0.717) is 12.1 Å². The first-order chi connectivity index (χ1) is 8.06. The van der Waals surface area contributed by atoms with Gasteiger partial charge in [-0.2, -0.15) is 0 Å². The molecule has 0 atom stereocenters. The third kappa shape index (κ3) is 3.99. The van der Waals surface area contributed by atoms with E-state index >= 15 is 0 Å². The molecule has 0 radical (unpaired) electrons. The molecule has 0 aliphatic heterocycles. The largest absolute Gasteiger partial charge is 0.481 e. The number of carbonyl (C=O) groups is 2. The van der Waals surface area contributed by atoms with Crippen molar-refractivity contribution in [1.82, 2.24) is 4.90 Å². The highest BCUT2D eigenvalue weighted by atomic mass is 127. The molecule has 4 nitrogen and oxygen atoms in total. The number of rotatable bonds is 5. The van der Waals surface area contributed by atoms with Crippen molar-refractivity contribution in [3.8, 4) is 0 Å². The molecule has 0 heterocycles. The second kappa shape index (κ2) is 6.58. The van der Waals surface area contributed by atoms with Gasteiger partial charge in [-0.1, -0.05) is 12.1 Å². The first-order valence-electron chi connectivity index (χ1n) is 5.31. The third-order valence-electron chi connectivity index (χ3n) is 2.37. The third-order valence-corrected chi connectivity index (χ3v) is 3.31. The molecule has 1 amide bonds. The quantitative estimate of drug-likeness (QED) is 0.831. The van der Waals surface area contributed by atoms with Gasteiger partial charge in [-0.3, -0.25) is 9.59 Å². The average Bonchev–Trinajstić information content (AvgIpc) is 2.29. The summed E-state index contributed by atoms with van der Waals surface area (Å²) in [5, 5.41) is 8.63. The summed E-state index contributed by atoms with van der Waals surface area (Å²) in [4.78, 5) is 24.2. The summed E-state index contributed by atoms with van der Waals surface area (Å²) < 4.78 is 0.879. The van der Waals surface area contributed by atoms with Crippen LogP contribution in [-0.2, 0) is 4.79 Å². The Kier molecular flexibility index (Phi) is 5.40. The number of amides is 1. The van der Waals surface area contributed by atoms with Crippen LogP contribution in [0.25, 0.3) is 0 Å². The zero-order valence-electron chi connectivity index (χ0n) is 9.52. The van der Waals surface area contributed by atoms with Crippen LogP contribution >= 0.6 is 22.6 Å². The van der Waals surface area contributed by atoms with Crippen molar-refractivity contribution in [2.75, 3.05) is 13.1 Å². The van der Waals surface area contributed by atoms with E-state index in [1.165, 1.54) is 0 Å². The van der Waals surface area contributed by atoms with Crippen LogP contribution in [0, 0.1) is 3.57 Å². The van der Waals surface area contributed by atoms with E-state index in [1.54, 1.807) is 17.0 Å². The van der Waals surface area contributed by atoms with Gasteiger partial charge in [-0.15, -0.1) is 0 Å². The van der Waals surface area contributed by atoms with E-state index in [9.17, 15) is 9.59 Å². The average molecular weight is 347 g/mol. The molecule has 5 heteroatoms. The molecule has 1 aromatic carbocycles. The summed E-state index contributed by atoms with van der Waals surface area (Å²) in [7, 11) is 0. The Morgan fingerprint density at radius 2 is 2.00 bits per heavy atom. The molecule has 0 spiro atoms. The molecule has 1 aromatic rings. The minimum Gasteiger partial charge on any atom is -0.481 e. The van der Waals surface area contributed by atoms with Crippen molar-refractivity contribution in [2.45, 2.75) is 13.3 Å². The molecule has 0 aliphatic carbocycles. The standard InChI is InChI=1S/C12H14INO3/c1-2-14(8-7-11(15)16)12(17)9-5-3-4-6-10(9)13/h3-6H,2,7-8H2,1H3,(H,15,16). The van der Waals surface area contributed by atoms with Gasteiger partial charge < -0.3 is 10.0 Å². The Hall–Kier alpha value is -1.11. The summed E-state index contributed by atoms with van der Waals surface area (Å²) >= 11 is 2.10. The molecule has 0 saturated heterocycles. The van der Waals surface area contributed by atoms with Crippen molar-refractivity contribution in [3.63, 3.8) is 0 Å². The van der Waals surface area contributed by atoms with Gasteiger partial charge in [0.15, 0.2) is 0 Å². The highest BCUT2D eigenvalue weighted by Gasteiger charge is 2.16. The Bertz CT molecular complexity index is 420. The Balaban J connectivity index is 2.79. The Labute approximate surface area is 114 Å². The Morgan fingerprint density at radius 1 is 1.35 bits per heavy atom. The van der Waals surface area contributed by atoms with E-state index in [2.05, 4.69) is 22.6 Å². The van der Waals surface area contributed by atoms with Crippen molar-refractivity contribution < 1.29 is 14.7 Å². The number of halogens is 1. The lowest BCUT2D eigenvalue weighted by Crippen LogP contribution is -2.33. The van der Waals surface area contributed by atoms with Crippen LogP contribution in [-0.4, -0.2) is 35.0 Å². The predicted octanol–water partition coefficient (Wildman–Crippen LogP) is 2.23. The minimum absolute atomic E-state index is 0.0248. The first-order valence-corrected chi connectivity index (χ1v) is 6.39. The van der Waals surface area contributed by atoms with Crippen LogP contribution in [0.2, 0.25) is 0 Å². The molecule has 0 saturated carbocycles. The molecular weight excluding hydrogens is 333 g/mol. The van der Waals surface area contributed by atoms with E-state index in [4.69, 9.17) is 5.11 Å². The number of aliphatic carboxylic acids is 1. The van der Waals surface area contributed by atoms with Gasteiger partial charge in [0.2, 0.25) is 0 Å². The summed E-state index contributed by atoms with van der Waals surface area (Å²) in [6, 6.07) is 7.29. The molecule has 0 fully saturated rings. The molecule has 1 N–H and O–H groups in total. The molecule has 0 aliphatic rings. The van der Waals surface area contributed by atoms with Crippen molar-refractivity contribution in [2.24, 2.45) is 0 Å². The van der Waals surface area contributed by atoms with E-state index in [1.807, 2.05) is 19.1 Å². The van der Waals surface area contributed by atoms with Gasteiger partial charge in [-0.25, -0.2) is 0 Å². The number of hydrogen-bond donors (Lipinski definition) is 1. The molecule has 1 rings (SSSR count). The number of benzene rings is 1. The van der Waals surface area contributed by atoms with Crippen LogP contribution in [0.1, 0.15) is 23.7 Å². The monoisotopic (exact) mass is 347 g/mol. The zero-order valence-corrected chi connectivity index (χ0v) is 11.7. The first kappa shape index (κ1) is 14.0. The lowest BCUT2D eigenvalue weighted by Gasteiger charge is -2.20. The molecule has 0 bridgehead atoms. The van der Waals surface area contributed by atoms with E-state index < -0.39 is 5.97 Å². The van der Waals surface area contributed by atoms with Gasteiger partial charge in [-0.05, 0) is 41.6 Å². The van der Waals surface area contributed by atoms with Gasteiger partial charge >= 0.3 is 5.97 Å². The minimum atomic E-state index is -0.890. The van der Waals surface area contributed by atoms with Crippen molar-refractivity contribution in [1.29, 1.82) is 0 Å².